The lowest BCUT2D eigenvalue weighted by Crippen LogP contribution is -2.42. The maximum absolute atomic E-state index is 3.80. The number of rotatable bonds is 8. The fourth-order valence-corrected chi connectivity index (χ4v) is 2.58. The van der Waals surface area contributed by atoms with E-state index in [1.807, 2.05) is 12.2 Å². The van der Waals surface area contributed by atoms with Gasteiger partial charge in [-0.05, 0) is 51.4 Å². The Balaban J connectivity index is 2.13. The quantitative estimate of drug-likeness (QED) is 0.478. The number of unbranched alkanes of at least 4 members (excludes halogenated alkanes) is 2. The predicted octanol–water partition coefficient (Wildman–Crippen LogP) is 4.21. The zero-order valence-corrected chi connectivity index (χ0v) is 10.6. The molecule has 1 rings (SSSR count). The van der Waals surface area contributed by atoms with Gasteiger partial charge in [0.05, 0.1) is 0 Å². The molecule has 1 fully saturated rings. The highest BCUT2D eigenvalue weighted by atomic mass is 15.0. The highest BCUT2D eigenvalue weighted by Gasteiger charge is 2.19. The molecule has 0 saturated carbocycles. The SMILES string of the molecule is C=CCCC[C@@H]1CCC[C@H](CCCC=C)N1. The van der Waals surface area contributed by atoms with E-state index in [2.05, 4.69) is 18.5 Å². The van der Waals surface area contributed by atoms with Gasteiger partial charge in [0.25, 0.3) is 0 Å². The summed E-state index contributed by atoms with van der Waals surface area (Å²) in [5.41, 5.74) is 0. The summed E-state index contributed by atoms with van der Waals surface area (Å²) in [6, 6.07) is 1.53. The highest BCUT2D eigenvalue weighted by molar-refractivity contribution is 4.82. The van der Waals surface area contributed by atoms with Gasteiger partial charge in [0.2, 0.25) is 0 Å². The van der Waals surface area contributed by atoms with E-state index in [0.717, 1.165) is 12.1 Å². The van der Waals surface area contributed by atoms with E-state index in [4.69, 9.17) is 0 Å². The van der Waals surface area contributed by atoms with Crippen LogP contribution in [-0.2, 0) is 0 Å². The van der Waals surface area contributed by atoms with Crippen LogP contribution in [0.2, 0.25) is 0 Å². The molecule has 0 bridgehead atoms. The molecule has 1 heterocycles. The van der Waals surface area contributed by atoms with Crippen molar-refractivity contribution in [2.45, 2.75) is 69.9 Å². The van der Waals surface area contributed by atoms with Crippen molar-refractivity contribution in [3.8, 4) is 0 Å². The van der Waals surface area contributed by atoms with E-state index in [0.29, 0.717) is 0 Å². The third kappa shape index (κ3) is 5.50. The number of nitrogens with one attached hydrogen (secondary N) is 1. The first-order chi connectivity index (χ1) is 7.86. The van der Waals surface area contributed by atoms with Crippen molar-refractivity contribution in [3.05, 3.63) is 25.3 Å². The normalized spacial score (nSPS) is 25.2. The molecule has 0 aromatic carbocycles. The summed E-state index contributed by atoms with van der Waals surface area (Å²) in [6.45, 7) is 7.56. The maximum atomic E-state index is 3.80. The van der Waals surface area contributed by atoms with Gasteiger partial charge in [0.1, 0.15) is 0 Å². The molecule has 1 aliphatic heterocycles. The Bertz CT molecular complexity index is 178. The molecule has 0 unspecified atom stereocenters. The molecule has 1 heteroatoms. The smallest absolute Gasteiger partial charge is 0.00697 e. The van der Waals surface area contributed by atoms with Gasteiger partial charge in [0.15, 0.2) is 0 Å². The molecular weight excluding hydrogens is 194 g/mol. The van der Waals surface area contributed by atoms with Crippen LogP contribution in [0.3, 0.4) is 0 Å². The van der Waals surface area contributed by atoms with Gasteiger partial charge < -0.3 is 5.32 Å². The van der Waals surface area contributed by atoms with Crippen molar-refractivity contribution in [2.75, 3.05) is 0 Å². The van der Waals surface area contributed by atoms with Crippen molar-refractivity contribution in [1.82, 2.24) is 5.32 Å². The van der Waals surface area contributed by atoms with Crippen LogP contribution in [0.5, 0.6) is 0 Å². The van der Waals surface area contributed by atoms with Crippen molar-refractivity contribution in [3.63, 3.8) is 0 Å². The Hall–Kier alpha value is -0.560. The summed E-state index contributed by atoms with van der Waals surface area (Å²) in [5.74, 6) is 0. The minimum absolute atomic E-state index is 0.766. The van der Waals surface area contributed by atoms with Crippen LogP contribution < -0.4 is 5.32 Å². The topological polar surface area (TPSA) is 12.0 Å². The zero-order chi connectivity index (χ0) is 11.6. The molecular formula is C15H27N. The molecule has 0 spiro atoms. The molecule has 0 aromatic rings. The van der Waals surface area contributed by atoms with Crippen molar-refractivity contribution in [1.29, 1.82) is 0 Å². The molecule has 0 radical (unpaired) electrons. The Morgan fingerprint density at radius 2 is 1.44 bits per heavy atom. The summed E-state index contributed by atoms with van der Waals surface area (Å²) in [4.78, 5) is 0. The van der Waals surface area contributed by atoms with Gasteiger partial charge in [-0.25, -0.2) is 0 Å². The number of hydrogen-bond donors (Lipinski definition) is 1. The average Bonchev–Trinajstić information content (AvgIpc) is 2.30. The summed E-state index contributed by atoms with van der Waals surface area (Å²) in [6.07, 6.45) is 15.8. The van der Waals surface area contributed by atoms with E-state index in [9.17, 15) is 0 Å². The fraction of sp³-hybridized carbons (Fsp3) is 0.733. The average molecular weight is 221 g/mol. The van der Waals surface area contributed by atoms with Gasteiger partial charge >= 0.3 is 0 Å². The molecule has 1 N–H and O–H groups in total. The van der Waals surface area contributed by atoms with E-state index >= 15 is 0 Å². The van der Waals surface area contributed by atoms with Crippen LogP contribution in [0.4, 0.5) is 0 Å². The number of hydrogen-bond acceptors (Lipinski definition) is 1. The van der Waals surface area contributed by atoms with E-state index < -0.39 is 0 Å². The Morgan fingerprint density at radius 3 is 1.88 bits per heavy atom. The second-order valence-electron chi connectivity index (χ2n) is 4.93. The predicted molar refractivity (Wildman–Crippen MR) is 72.7 cm³/mol. The molecule has 1 nitrogen and oxygen atoms in total. The van der Waals surface area contributed by atoms with E-state index in [-0.39, 0.29) is 0 Å². The molecule has 0 aliphatic carbocycles. The van der Waals surface area contributed by atoms with Gasteiger partial charge in [-0.15, -0.1) is 13.2 Å². The highest BCUT2D eigenvalue weighted by Crippen LogP contribution is 2.20. The molecule has 2 atom stereocenters. The van der Waals surface area contributed by atoms with E-state index in [1.54, 1.807) is 0 Å². The summed E-state index contributed by atoms with van der Waals surface area (Å²) in [5, 5.41) is 3.80. The lowest BCUT2D eigenvalue weighted by molar-refractivity contribution is 0.290. The Labute approximate surface area is 101 Å². The Kier molecular flexibility index (Phi) is 7.24. The molecule has 0 amide bonds. The monoisotopic (exact) mass is 221 g/mol. The minimum Gasteiger partial charge on any atom is -0.311 e. The number of allylic oxidation sites excluding steroid dienone is 2. The fourth-order valence-electron chi connectivity index (χ4n) is 2.58. The lowest BCUT2D eigenvalue weighted by Gasteiger charge is -2.31. The summed E-state index contributed by atoms with van der Waals surface area (Å²) < 4.78 is 0. The lowest BCUT2D eigenvalue weighted by atomic mass is 9.92. The first-order valence-corrected chi connectivity index (χ1v) is 6.84. The minimum atomic E-state index is 0.766. The van der Waals surface area contributed by atoms with Gasteiger partial charge in [-0.1, -0.05) is 18.6 Å². The molecule has 1 saturated heterocycles. The molecule has 0 aromatic heterocycles. The summed E-state index contributed by atoms with van der Waals surface area (Å²) >= 11 is 0. The van der Waals surface area contributed by atoms with Crippen LogP contribution in [0.15, 0.2) is 25.3 Å². The first-order valence-electron chi connectivity index (χ1n) is 6.84. The third-order valence-corrected chi connectivity index (χ3v) is 3.50. The second kappa shape index (κ2) is 8.58. The van der Waals surface area contributed by atoms with E-state index in [1.165, 1.54) is 57.8 Å². The van der Waals surface area contributed by atoms with Crippen molar-refractivity contribution >= 4 is 0 Å². The largest absolute Gasteiger partial charge is 0.311 e. The van der Waals surface area contributed by atoms with Crippen molar-refractivity contribution in [2.24, 2.45) is 0 Å². The van der Waals surface area contributed by atoms with Crippen LogP contribution in [0, 0.1) is 0 Å². The third-order valence-electron chi connectivity index (χ3n) is 3.50. The van der Waals surface area contributed by atoms with Gasteiger partial charge in [0, 0.05) is 12.1 Å². The number of piperidine rings is 1. The van der Waals surface area contributed by atoms with Crippen LogP contribution in [-0.4, -0.2) is 12.1 Å². The van der Waals surface area contributed by atoms with Crippen molar-refractivity contribution < 1.29 is 0 Å². The standard InChI is InChI=1S/C15H27N/c1-3-5-7-10-14-12-9-13-15(16-14)11-8-6-4-2/h3-4,14-16H,1-2,5-13H2/t14-,15+. The molecule has 1 aliphatic rings. The van der Waals surface area contributed by atoms with Crippen LogP contribution in [0.1, 0.15) is 57.8 Å². The van der Waals surface area contributed by atoms with Gasteiger partial charge in [-0.3, -0.25) is 0 Å². The second-order valence-corrected chi connectivity index (χ2v) is 4.93. The molecule has 16 heavy (non-hydrogen) atoms. The maximum Gasteiger partial charge on any atom is 0.00697 e. The first kappa shape index (κ1) is 13.5. The van der Waals surface area contributed by atoms with Crippen LogP contribution in [0.25, 0.3) is 0 Å². The summed E-state index contributed by atoms with van der Waals surface area (Å²) in [7, 11) is 0. The van der Waals surface area contributed by atoms with Gasteiger partial charge in [-0.2, -0.15) is 0 Å². The molecule has 92 valence electrons. The Morgan fingerprint density at radius 1 is 0.938 bits per heavy atom. The van der Waals surface area contributed by atoms with Crippen LogP contribution >= 0.6 is 0 Å². The zero-order valence-electron chi connectivity index (χ0n) is 10.6.